The second kappa shape index (κ2) is 3.88. The summed E-state index contributed by atoms with van der Waals surface area (Å²) < 4.78 is 5.16. The molecule has 1 nitrogen and oxygen atoms in total. The molecule has 1 aromatic rings. The number of hydrogen-bond acceptors (Lipinski definition) is 2. The van der Waals surface area contributed by atoms with Gasteiger partial charge in [-0.2, -0.15) is 0 Å². The Bertz CT molecular complexity index is 250. The number of ether oxygens (including phenoxy) is 1. The summed E-state index contributed by atoms with van der Waals surface area (Å²) in [7, 11) is 8.45. The fraction of sp³-hybridized carbons (Fsp3) is 0.250. The highest BCUT2D eigenvalue weighted by Crippen LogP contribution is 2.33. The first-order valence-corrected chi connectivity index (χ1v) is 4.86. The largest absolute Gasteiger partial charge is 0.495 e. The van der Waals surface area contributed by atoms with Gasteiger partial charge in [0.25, 0.3) is 0 Å². The smallest absolute Gasteiger partial charge is 0.136 e. The van der Waals surface area contributed by atoms with Crippen LogP contribution >= 0.6 is 21.7 Å². The van der Waals surface area contributed by atoms with Gasteiger partial charge in [-0.3, -0.25) is 0 Å². The van der Waals surface area contributed by atoms with E-state index < -0.39 is 0 Å². The minimum absolute atomic E-state index is 0.868. The summed E-state index contributed by atoms with van der Waals surface area (Å²) in [4.78, 5) is 0.967. The molecule has 1 rings (SSSR count). The molecule has 0 saturated carbocycles. The van der Waals surface area contributed by atoms with Crippen LogP contribution in [0.3, 0.4) is 0 Å². The molecule has 11 heavy (non-hydrogen) atoms. The van der Waals surface area contributed by atoms with E-state index in [1.54, 1.807) is 7.11 Å². The zero-order valence-electron chi connectivity index (χ0n) is 6.43. The first kappa shape index (κ1) is 8.75. The monoisotopic (exact) mass is 188 g/mol. The topological polar surface area (TPSA) is 9.23 Å². The van der Waals surface area contributed by atoms with Crippen LogP contribution in [0.15, 0.2) is 23.1 Å². The maximum Gasteiger partial charge on any atom is 0.136 e. The lowest BCUT2D eigenvalue weighted by molar-refractivity contribution is 0.402. The third-order valence-corrected chi connectivity index (χ3v) is 2.45. The van der Waals surface area contributed by atoms with Crippen molar-refractivity contribution in [1.82, 2.24) is 0 Å². The second-order valence-electron chi connectivity index (χ2n) is 2.18. The predicted molar refractivity (Wildman–Crippen MR) is 49.4 cm³/mol. The summed E-state index contributed by atoms with van der Waals surface area (Å²) in [5.41, 5.74) is 1.11. The van der Waals surface area contributed by atoms with E-state index in [1.807, 2.05) is 25.1 Å². The Morgan fingerprint density at radius 3 is 2.64 bits per heavy atom. The van der Waals surface area contributed by atoms with Gasteiger partial charge in [-0.25, -0.2) is 0 Å². The molecule has 0 aliphatic rings. The van der Waals surface area contributed by atoms with Crippen LogP contribution in [0.2, 0.25) is 0 Å². The fourth-order valence-electron chi connectivity index (χ4n) is 0.948. The highest BCUT2D eigenvalue weighted by atomic mass is 35.7. The Morgan fingerprint density at radius 2 is 2.18 bits per heavy atom. The average molecular weight is 189 g/mol. The van der Waals surface area contributed by atoms with Gasteiger partial charge in [0.1, 0.15) is 5.75 Å². The van der Waals surface area contributed by atoms with Crippen LogP contribution in [0.4, 0.5) is 0 Å². The van der Waals surface area contributed by atoms with Gasteiger partial charge in [0.15, 0.2) is 0 Å². The van der Waals surface area contributed by atoms with Crippen molar-refractivity contribution < 1.29 is 4.74 Å². The summed E-state index contributed by atoms with van der Waals surface area (Å²) in [5.74, 6) is 0.868. The lowest BCUT2D eigenvalue weighted by Gasteiger charge is -2.06. The molecule has 0 saturated heterocycles. The van der Waals surface area contributed by atoms with Gasteiger partial charge in [0, 0.05) is 0 Å². The zero-order chi connectivity index (χ0) is 8.27. The number of halogens is 1. The van der Waals surface area contributed by atoms with E-state index in [2.05, 4.69) is 0 Å². The number of hydrogen-bond donors (Lipinski definition) is 0. The summed E-state index contributed by atoms with van der Waals surface area (Å²) >= 11 is 0. The van der Waals surface area contributed by atoms with E-state index >= 15 is 0 Å². The van der Waals surface area contributed by atoms with Crippen LogP contribution in [0.1, 0.15) is 5.56 Å². The van der Waals surface area contributed by atoms with Gasteiger partial charge >= 0.3 is 0 Å². The lowest BCUT2D eigenvalue weighted by Crippen LogP contribution is -1.87. The average Bonchev–Trinajstić information content (AvgIpc) is 2.04. The third kappa shape index (κ3) is 1.82. The molecule has 0 radical (unpaired) electrons. The Labute approximate surface area is 75.2 Å². The van der Waals surface area contributed by atoms with Crippen molar-refractivity contribution >= 4 is 21.7 Å². The molecule has 0 aliphatic heterocycles. The van der Waals surface area contributed by atoms with Crippen LogP contribution < -0.4 is 4.74 Å². The fourth-order valence-corrected chi connectivity index (χ4v) is 1.76. The number of aryl methyl sites for hydroxylation is 1. The Hall–Kier alpha value is -0.340. The van der Waals surface area contributed by atoms with Gasteiger partial charge in [0.2, 0.25) is 0 Å². The Balaban J connectivity index is 3.13. The van der Waals surface area contributed by atoms with Crippen molar-refractivity contribution in [3.63, 3.8) is 0 Å². The van der Waals surface area contributed by atoms with Gasteiger partial charge in [-0.1, -0.05) is 12.1 Å². The van der Waals surface area contributed by atoms with Crippen LogP contribution in [0.25, 0.3) is 0 Å². The molecule has 0 atom stereocenters. The molecule has 1 aromatic carbocycles. The molecule has 0 aliphatic carbocycles. The van der Waals surface area contributed by atoms with Crippen LogP contribution in [0.5, 0.6) is 5.75 Å². The molecule has 0 amide bonds. The minimum atomic E-state index is 0.868. The standard InChI is InChI=1S/C8H9ClOS/c1-6-4-3-5-7(11-9)8(6)10-2/h3-5H,1-2H3. The molecular formula is C8H9ClOS. The summed E-state index contributed by atoms with van der Waals surface area (Å²) in [5, 5.41) is 0. The highest BCUT2D eigenvalue weighted by molar-refractivity contribution is 8.21. The Morgan fingerprint density at radius 1 is 1.45 bits per heavy atom. The maximum absolute atomic E-state index is 5.62. The van der Waals surface area contributed by atoms with Crippen molar-refractivity contribution in [1.29, 1.82) is 0 Å². The van der Waals surface area contributed by atoms with E-state index in [1.165, 1.54) is 11.0 Å². The molecular weight excluding hydrogens is 180 g/mol. The van der Waals surface area contributed by atoms with Crippen molar-refractivity contribution in [2.75, 3.05) is 7.11 Å². The highest BCUT2D eigenvalue weighted by Gasteiger charge is 2.03. The second-order valence-corrected chi connectivity index (χ2v) is 3.24. The number of para-hydroxylation sites is 1. The van der Waals surface area contributed by atoms with Crippen molar-refractivity contribution in [3.05, 3.63) is 23.8 Å². The molecule has 0 N–H and O–H groups in total. The number of benzene rings is 1. The molecule has 0 fully saturated rings. The van der Waals surface area contributed by atoms with Crippen molar-refractivity contribution in [2.24, 2.45) is 0 Å². The molecule has 0 unspecified atom stereocenters. The van der Waals surface area contributed by atoms with E-state index in [-0.39, 0.29) is 0 Å². The molecule has 0 aromatic heterocycles. The van der Waals surface area contributed by atoms with Crippen molar-refractivity contribution in [3.8, 4) is 5.75 Å². The quantitative estimate of drug-likeness (QED) is 0.705. The van der Waals surface area contributed by atoms with E-state index in [0.29, 0.717) is 0 Å². The first-order chi connectivity index (χ1) is 5.29. The van der Waals surface area contributed by atoms with E-state index in [9.17, 15) is 0 Å². The SMILES string of the molecule is COc1c(C)cccc1SCl. The van der Waals surface area contributed by atoms with Crippen LogP contribution in [0, 0.1) is 6.92 Å². The Kier molecular flexibility index (Phi) is 3.09. The van der Waals surface area contributed by atoms with E-state index in [0.717, 1.165) is 16.2 Å². The number of methoxy groups -OCH3 is 1. The van der Waals surface area contributed by atoms with Crippen LogP contribution in [-0.4, -0.2) is 7.11 Å². The summed E-state index contributed by atoms with van der Waals surface area (Å²) in [6.07, 6.45) is 0. The maximum atomic E-state index is 5.62. The number of rotatable bonds is 2. The molecule has 0 heterocycles. The van der Waals surface area contributed by atoms with E-state index in [4.69, 9.17) is 15.4 Å². The summed E-state index contributed by atoms with van der Waals surface area (Å²) in [6.45, 7) is 2.00. The van der Waals surface area contributed by atoms with Crippen molar-refractivity contribution in [2.45, 2.75) is 11.8 Å². The van der Waals surface area contributed by atoms with Gasteiger partial charge in [-0.15, -0.1) is 0 Å². The third-order valence-electron chi connectivity index (χ3n) is 1.46. The lowest BCUT2D eigenvalue weighted by atomic mass is 10.2. The first-order valence-electron chi connectivity index (χ1n) is 3.21. The molecule has 3 heteroatoms. The van der Waals surface area contributed by atoms with Gasteiger partial charge in [-0.05, 0) is 40.2 Å². The minimum Gasteiger partial charge on any atom is -0.495 e. The van der Waals surface area contributed by atoms with Crippen LogP contribution in [-0.2, 0) is 0 Å². The molecule has 0 bridgehead atoms. The summed E-state index contributed by atoms with van der Waals surface area (Å²) in [6, 6.07) is 5.89. The van der Waals surface area contributed by atoms with Gasteiger partial charge < -0.3 is 4.74 Å². The normalized spacial score (nSPS) is 9.73. The predicted octanol–water partition coefficient (Wildman–Crippen LogP) is 3.25. The molecule has 0 spiro atoms. The molecule has 60 valence electrons. The van der Waals surface area contributed by atoms with Gasteiger partial charge in [0.05, 0.1) is 12.0 Å². The zero-order valence-corrected chi connectivity index (χ0v) is 8.00.